The van der Waals surface area contributed by atoms with E-state index in [-0.39, 0.29) is 17.2 Å². The number of pyridine rings is 4. The first kappa shape index (κ1) is 80.5. The van der Waals surface area contributed by atoms with E-state index in [1.54, 1.807) is 90.1 Å². The third-order valence-corrected chi connectivity index (χ3v) is 17.5. The van der Waals surface area contributed by atoms with Gasteiger partial charge in [0.2, 0.25) is 12.4 Å². The van der Waals surface area contributed by atoms with Crippen molar-refractivity contribution in [3.05, 3.63) is 172 Å². The fraction of sp³-hybridized carbons (Fsp3) is 0.429. The van der Waals surface area contributed by atoms with Gasteiger partial charge in [0.15, 0.2) is 29.1 Å². The van der Waals surface area contributed by atoms with Gasteiger partial charge in [-0.05, 0) is 73.3 Å². The fourth-order valence-electron chi connectivity index (χ4n) is 9.68. The number of nitriles is 2. The molecule has 538 valence electrons. The lowest BCUT2D eigenvalue weighted by atomic mass is 10.2. The number of nitro groups is 4. The minimum atomic E-state index is -0.708. The second-order valence-electron chi connectivity index (χ2n) is 21.7. The van der Waals surface area contributed by atoms with Gasteiger partial charge in [-0.2, -0.15) is 20.5 Å². The molecule has 0 bridgehead atoms. The largest absolute Gasteiger partial charge is 0.358 e. The first-order valence-corrected chi connectivity index (χ1v) is 34.1. The Balaban J connectivity index is 0.000000191. The van der Waals surface area contributed by atoms with Gasteiger partial charge in [-0.25, -0.2) is 65.4 Å². The maximum Gasteiger partial charge on any atom is 0.275 e. The molecule has 1 unspecified atom stereocenters. The fourth-order valence-corrected chi connectivity index (χ4v) is 12.4. The number of hydrazone groups is 4. The lowest BCUT2D eigenvalue weighted by Gasteiger charge is -2.40. The molecule has 6 aliphatic rings. The Bertz CT molecular complexity index is 3890. The molecule has 0 amide bonds. The van der Waals surface area contributed by atoms with Crippen LogP contribution in [0.25, 0.3) is 0 Å². The van der Waals surface area contributed by atoms with Crippen LogP contribution in [0.1, 0.15) is 53.3 Å². The lowest BCUT2D eigenvalue weighted by molar-refractivity contribution is -0.486. The van der Waals surface area contributed by atoms with Crippen LogP contribution in [0, 0.1) is 63.4 Å². The molecule has 11 heterocycles. The van der Waals surface area contributed by atoms with Gasteiger partial charge in [-0.3, -0.25) is 9.89 Å². The quantitative estimate of drug-likeness (QED) is 0.0221. The van der Waals surface area contributed by atoms with Crippen LogP contribution >= 0.6 is 92.7 Å². The predicted molar refractivity (Wildman–Crippen MR) is 386 cm³/mol. The highest BCUT2D eigenvalue weighted by Crippen LogP contribution is 2.26. The van der Waals surface area contributed by atoms with Gasteiger partial charge in [-0.1, -0.05) is 106 Å². The zero-order valence-electron chi connectivity index (χ0n) is 54.5. The average molecular weight is 1550 g/mol. The Labute approximate surface area is 617 Å². The van der Waals surface area contributed by atoms with Crippen molar-refractivity contribution in [2.75, 3.05) is 93.4 Å². The normalized spacial score (nSPS) is 18.4. The molecule has 6 aliphatic heterocycles. The van der Waals surface area contributed by atoms with Gasteiger partial charge in [0.25, 0.3) is 23.8 Å². The van der Waals surface area contributed by atoms with Gasteiger partial charge in [0, 0.05) is 140 Å². The zero-order chi connectivity index (χ0) is 73.4. The third-order valence-electron chi connectivity index (χ3n) is 14.1. The number of thiazole rings is 1. The summed E-state index contributed by atoms with van der Waals surface area (Å²) in [5.41, 5.74) is 3.96. The molecule has 0 aromatic carbocycles. The predicted octanol–water partition coefficient (Wildman–Crippen LogP) is 7.13. The summed E-state index contributed by atoms with van der Waals surface area (Å²) in [5, 5.41) is 79.9. The molecule has 3 N–H and O–H groups in total. The number of amidine groups is 2. The molecular formula is C56H67Cl6N29O8S2. The third kappa shape index (κ3) is 29.3. The molecule has 1 atom stereocenters. The topological polar surface area (TPSA) is 433 Å². The molecule has 5 aromatic rings. The van der Waals surface area contributed by atoms with E-state index in [1.807, 2.05) is 59.3 Å². The van der Waals surface area contributed by atoms with Crippen LogP contribution < -0.4 is 16.0 Å². The van der Waals surface area contributed by atoms with Gasteiger partial charge >= 0.3 is 0 Å². The molecule has 0 saturated carbocycles. The van der Waals surface area contributed by atoms with E-state index < -0.39 is 20.1 Å². The van der Waals surface area contributed by atoms with E-state index in [9.17, 15) is 40.5 Å². The minimum Gasteiger partial charge on any atom is -0.358 e. The summed E-state index contributed by atoms with van der Waals surface area (Å²) < 4.78 is 1.02. The summed E-state index contributed by atoms with van der Waals surface area (Å²) in [6, 6.07) is 14.4. The maximum atomic E-state index is 10.6. The monoisotopic (exact) mass is 1550 g/mol. The SMILES string of the molecule is CC(=NC#N)N(C)Cc1ccc(Cl)nc1.CN1CN(C)/C(=N\[N+](=O)[O-])N(CC2CN=C(Cl)S2)C1.N#CN=C1CCCN1Cc1ccc(Cl)nc1.O=[N+]([O-])/N=C1\NCCCN1Cc1ccc(Cl)nc1.O=[N+]([O-])/N=C1\NCCN1Cc1ccc(Cl)nc1.O=[N+]([O-])/N=C1\NCCN1Cc1cnc(Cl)s1. The molecule has 5 saturated heterocycles. The molecular weight excluding hydrogens is 1480 g/mol. The van der Waals surface area contributed by atoms with Crippen LogP contribution in [0.4, 0.5) is 0 Å². The van der Waals surface area contributed by atoms with E-state index >= 15 is 0 Å². The summed E-state index contributed by atoms with van der Waals surface area (Å²) in [6.45, 7) is 12.3. The molecule has 45 heteroatoms. The number of halogens is 6. The molecule has 37 nitrogen and oxygen atoms in total. The number of guanidine groups is 4. The van der Waals surface area contributed by atoms with Crippen molar-refractivity contribution in [1.29, 1.82) is 10.5 Å². The second-order valence-corrected chi connectivity index (χ2v) is 26.8. The van der Waals surface area contributed by atoms with Crippen LogP contribution in [0.2, 0.25) is 25.1 Å². The maximum absolute atomic E-state index is 10.6. The number of aromatic nitrogens is 5. The average Bonchev–Trinajstić information content (AvgIpc) is 1.41. The van der Waals surface area contributed by atoms with E-state index in [0.29, 0.717) is 133 Å². The van der Waals surface area contributed by atoms with Crippen molar-refractivity contribution in [3.8, 4) is 12.4 Å². The number of likely N-dealkylation sites (tertiary alicyclic amines) is 1. The highest BCUT2D eigenvalue weighted by molar-refractivity contribution is 8.17. The second kappa shape index (κ2) is 42.0. The molecule has 101 heavy (non-hydrogen) atoms. The van der Waals surface area contributed by atoms with Crippen LogP contribution in [0.3, 0.4) is 0 Å². The molecule has 0 spiro atoms. The molecule has 11 rings (SSSR count). The van der Waals surface area contributed by atoms with Gasteiger partial charge in [0.05, 0.1) is 26.4 Å². The van der Waals surface area contributed by atoms with Crippen molar-refractivity contribution in [2.45, 2.75) is 64.2 Å². The Morgan fingerprint density at radius 1 is 0.604 bits per heavy atom. The van der Waals surface area contributed by atoms with Gasteiger partial charge in [-0.15, -0.1) is 11.3 Å². The molecule has 0 radical (unpaired) electrons. The number of hydrogen-bond acceptors (Lipinski definition) is 21. The number of hydrogen-bond donors (Lipinski definition) is 3. The van der Waals surface area contributed by atoms with E-state index in [0.717, 1.165) is 71.9 Å². The van der Waals surface area contributed by atoms with Crippen LogP contribution in [-0.4, -0.2) is 223 Å². The molecule has 0 aliphatic carbocycles. The first-order valence-electron chi connectivity index (χ1n) is 30.1. The Kier molecular flexibility index (Phi) is 33.5. The van der Waals surface area contributed by atoms with Gasteiger partial charge < -0.3 is 50.2 Å². The number of rotatable bonds is 16. The van der Waals surface area contributed by atoms with Crippen LogP contribution in [-0.2, 0) is 32.7 Å². The number of nitrogens with zero attached hydrogens (tertiary/aromatic N) is 26. The summed E-state index contributed by atoms with van der Waals surface area (Å²) in [7, 11) is 5.61. The van der Waals surface area contributed by atoms with E-state index in [2.05, 4.69) is 86.1 Å². The minimum absolute atomic E-state index is 0.212. The van der Waals surface area contributed by atoms with E-state index in [1.165, 1.54) is 23.1 Å². The van der Waals surface area contributed by atoms with Crippen LogP contribution in [0.5, 0.6) is 0 Å². The summed E-state index contributed by atoms with van der Waals surface area (Å²) >= 11 is 37.2. The summed E-state index contributed by atoms with van der Waals surface area (Å²) in [6.07, 6.45) is 14.9. The van der Waals surface area contributed by atoms with Crippen molar-refractivity contribution in [2.24, 2.45) is 35.4 Å². The standard InChI is InChI=1S/C11H11ClN4.C10H12ClN5O2.C10H11ClN4.C9H15ClN6O2S.C9H10ClN5O2.C7H8ClN5O2S/c12-10-4-3-9(6-14-10)7-16-5-1-2-11(16)15-8-13;11-9-3-2-8(6-13-9)7-15-5-1-4-12-10(15)14-16(17)18;1-8(14-7-12)15(2)6-9-3-4-10(11)13-5-9;1-13-5-14(2)9(12-16(17)18)15(6-13)4-7-3-11-8(10)19-7;10-8-2-1-7(5-12-8)6-14-4-3-11-9(14)13-15(16)17;8-6-10-3-5(16-6)4-12-2-1-9-7(12)11-13(14)15/h3-4,6H,1-2,5,7H2;2-3,6H,1,4-5,7H2,(H,12,14);3-5H,6H2,1-2H3;7H,3-6H2,1-2H3;1-2,5H,3-4,6H2,(H,11,13);3H,1-2,4H2,(H,9,11)/b;;;12-9+;;. The number of nitrogens with one attached hydrogen (secondary N) is 3. The van der Waals surface area contributed by atoms with Crippen molar-refractivity contribution in [1.82, 2.24) is 80.1 Å². The smallest absolute Gasteiger partial charge is 0.275 e. The Morgan fingerprint density at radius 3 is 1.52 bits per heavy atom. The van der Waals surface area contributed by atoms with Gasteiger partial charge in [0.1, 0.15) is 52.7 Å². The zero-order valence-corrected chi connectivity index (χ0v) is 60.7. The Hall–Kier alpha value is -9.45. The number of thioether (sulfide) groups is 1. The summed E-state index contributed by atoms with van der Waals surface area (Å²) in [4.78, 5) is 89.1. The highest BCUT2D eigenvalue weighted by atomic mass is 35.5. The molecule has 5 fully saturated rings. The van der Waals surface area contributed by atoms with Crippen molar-refractivity contribution < 1.29 is 20.1 Å². The summed E-state index contributed by atoms with van der Waals surface area (Å²) in [5.74, 6) is 2.79. The van der Waals surface area contributed by atoms with E-state index in [4.69, 9.17) is 80.1 Å². The van der Waals surface area contributed by atoms with Crippen LogP contribution in [0.15, 0.2) is 115 Å². The molecule has 5 aromatic heterocycles. The Morgan fingerprint density at radius 2 is 1.08 bits per heavy atom. The highest BCUT2D eigenvalue weighted by Gasteiger charge is 2.32. The van der Waals surface area contributed by atoms with Crippen molar-refractivity contribution in [3.63, 3.8) is 0 Å². The first-order chi connectivity index (χ1) is 48.3. The van der Waals surface area contributed by atoms with Crippen molar-refractivity contribution >= 4 is 133 Å². The lowest BCUT2D eigenvalue weighted by Crippen LogP contribution is -2.57. The number of aliphatic imine (C=N–C) groups is 3.